The lowest BCUT2D eigenvalue weighted by atomic mass is 9.93. The zero-order chi connectivity index (χ0) is 50.3. The molecule has 5 aromatic rings. The topological polar surface area (TPSA) is 207 Å². The summed E-state index contributed by atoms with van der Waals surface area (Å²) >= 11 is 0. The molecule has 376 valence electrons. The molecule has 70 heavy (non-hydrogen) atoms. The van der Waals surface area contributed by atoms with Crippen molar-refractivity contribution in [2.24, 2.45) is 5.92 Å². The molecule has 3 heterocycles. The molecule has 18 nitrogen and oxygen atoms in total. The van der Waals surface area contributed by atoms with Gasteiger partial charge in [0.15, 0.2) is 0 Å². The smallest absolute Gasteiger partial charge is 0.410 e. The third kappa shape index (κ3) is 13.6. The molecule has 0 radical (unpaired) electrons. The molecule has 4 aromatic carbocycles. The average Bonchev–Trinajstić information content (AvgIpc) is 3.98. The minimum atomic E-state index is -4.81. The van der Waals surface area contributed by atoms with Gasteiger partial charge < -0.3 is 29.3 Å². The van der Waals surface area contributed by atoms with Gasteiger partial charge in [-0.15, -0.1) is 10.2 Å². The number of carbonyl (C=O) groups is 2. The number of ether oxygens (including phenoxy) is 3. The number of carbonyl (C=O) groups excluding carboxylic acids is 2. The quantitative estimate of drug-likeness (QED) is 0.0946. The molecule has 2 fully saturated rings. The van der Waals surface area contributed by atoms with Crippen LogP contribution in [0.15, 0.2) is 107 Å². The maximum absolute atomic E-state index is 16.0. The Labute approximate surface area is 411 Å². The summed E-state index contributed by atoms with van der Waals surface area (Å²) in [5.74, 6) is 0.805. The van der Waals surface area contributed by atoms with Gasteiger partial charge in [-0.3, -0.25) is 0 Å². The fourth-order valence-electron chi connectivity index (χ4n) is 8.52. The van der Waals surface area contributed by atoms with Crippen molar-refractivity contribution in [2.45, 2.75) is 114 Å². The summed E-state index contributed by atoms with van der Waals surface area (Å²) in [7, 11) is -7.91. The SMILES string of the molecule is COc1ccc(Cn2nnc(-c3c(N4CCC(CCNC(=O)OC(C)(C)C)CC4)ccc(S(=O)(=O)N[C@@H]4CCN(C(=O)OC(C)(C)C)C4)c3S(=O)(=O)N(Cc3ccccc3)Cc3ccccc3)n2)cc1. The third-order valence-corrected chi connectivity index (χ3v) is 15.5. The van der Waals surface area contributed by atoms with Gasteiger partial charge in [0, 0.05) is 57.5 Å². The van der Waals surface area contributed by atoms with E-state index in [0.717, 1.165) is 5.56 Å². The second kappa shape index (κ2) is 21.9. The van der Waals surface area contributed by atoms with Crippen LogP contribution in [-0.4, -0.2) is 116 Å². The van der Waals surface area contributed by atoms with Crippen LogP contribution in [0.25, 0.3) is 11.4 Å². The lowest BCUT2D eigenvalue weighted by Gasteiger charge is -2.35. The number of hydrogen-bond donors (Lipinski definition) is 2. The van der Waals surface area contributed by atoms with Crippen LogP contribution in [0.4, 0.5) is 15.3 Å². The first-order valence-corrected chi connectivity index (χ1v) is 26.5. The van der Waals surface area contributed by atoms with E-state index in [9.17, 15) is 9.59 Å². The Hall–Kier alpha value is -6.09. The van der Waals surface area contributed by atoms with Gasteiger partial charge in [0.05, 0.1) is 19.2 Å². The Morgan fingerprint density at radius 3 is 1.96 bits per heavy atom. The number of anilines is 1. The fraction of sp³-hybridized carbons (Fsp3) is 0.460. The molecule has 0 aliphatic carbocycles. The summed E-state index contributed by atoms with van der Waals surface area (Å²) in [6.45, 7) is 12.3. The highest BCUT2D eigenvalue weighted by molar-refractivity contribution is 7.92. The zero-order valence-electron chi connectivity index (χ0n) is 41.0. The van der Waals surface area contributed by atoms with Gasteiger partial charge in [-0.1, -0.05) is 72.8 Å². The average molecular weight is 1000 g/mol. The van der Waals surface area contributed by atoms with Crippen molar-refractivity contribution in [1.82, 2.24) is 39.5 Å². The molecule has 2 amide bonds. The van der Waals surface area contributed by atoms with Crippen LogP contribution in [0.2, 0.25) is 0 Å². The lowest BCUT2D eigenvalue weighted by Crippen LogP contribution is -2.41. The second-order valence-corrected chi connectivity index (χ2v) is 23.3. The molecular weight excluding hydrogens is 935 g/mol. The van der Waals surface area contributed by atoms with Gasteiger partial charge in [0.25, 0.3) is 0 Å². The van der Waals surface area contributed by atoms with Gasteiger partial charge in [-0.25, -0.2) is 31.1 Å². The summed E-state index contributed by atoms with van der Waals surface area (Å²) in [4.78, 5) is 29.3. The van der Waals surface area contributed by atoms with Crippen LogP contribution in [0.1, 0.15) is 83.9 Å². The van der Waals surface area contributed by atoms with Gasteiger partial charge in [0.1, 0.15) is 26.7 Å². The van der Waals surface area contributed by atoms with Crippen LogP contribution in [-0.2, 0) is 49.2 Å². The number of methoxy groups -OCH3 is 1. The van der Waals surface area contributed by atoms with Crippen LogP contribution in [0.3, 0.4) is 0 Å². The van der Waals surface area contributed by atoms with Crippen molar-refractivity contribution in [3.8, 4) is 17.1 Å². The van der Waals surface area contributed by atoms with E-state index in [4.69, 9.17) is 19.3 Å². The first-order chi connectivity index (χ1) is 33.2. The molecule has 2 aliphatic heterocycles. The maximum atomic E-state index is 16.0. The van der Waals surface area contributed by atoms with Crippen molar-refractivity contribution in [1.29, 1.82) is 0 Å². The molecule has 0 bridgehead atoms. The summed E-state index contributed by atoms with van der Waals surface area (Å²) in [6, 6.07) is 27.8. The van der Waals surface area contributed by atoms with Gasteiger partial charge in [0.2, 0.25) is 25.9 Å². The predicted molar refractivity (Wildman–Crippen MR) is 265 cm³/mol. The van der Waals surface area contributed by atoms with Crippen molar-refractivity contribution >= 4 is 37.9 Å². The number of tetrazole rings is 1. The first-order valence-electron chi connectivity index (χ1n) is 23.6. The highest BCUT2D eigenvalue weighted by Gasteiger charge is 2.41. The molecular formula is C50H65N9O9S2. The second-order valence-electron chi connectivity index (χ2n) is 19.7. The van der Waals surface area contributed by atoms with Crippen LogP contribution >= 0.6 is 0 Å². The molecule has 2 N–H and O–H groups in total. The monoisotopic (exact) mass is 999 g/mol. The summed E-state index contributed by atoms with van der Waals surface area (Å²) in [6.07, 6.45) is 1.30. The number of nitrogens with zero attached hydrogens (tertiary/aromatic N) is 7. The number of hydrogen-bond acceptors (Lipinski definition) is 13. The summed E-state index contributed by atoms with van der Waals surface area (Å²) in [5, 5.41) is 16.5. The standard InChI is InChI=1S/C50H65N9O9S2/c1-49(2,3)67-47(60)51-28-24-36-25-29-56(30-26-36)42-22-23-43(69(62,63)54-40-27-31-57(35-40)48(61)68-50(4,5)6)45(44(42)46-52-55-59(53-46)34-39-18-20-41(66-7)21-19-39)70(64,65)58(32-37-14-10-8-11-15-37)33-38-16-12-9-13-17-38/h8-23,36,40,54H,24-35H2,1-7H3,(H,51,60)/t40-/m1/s1. The molecule has 0 unspecified atom stereocenters. The Morgan fingerprint density at radius 1 is 0.757 bits per heavy atom. The Morgan fingerprint density at radius 2 is 1.37 bits per heavy atom. The highest BCUT2D eigenvalue weighted by atomic mass is 32.2. The van der Waals surface area contributed by atoms with E-state index in [1.54, 1.807) is 46.1 Å². The Balaban J connectivity index is 1.33. The Kier molecular flexibility index (Phi) is 16.2. The highest BCUT2D eigenvalue weighted by Crippen LogP contribution is 2.42. The number of piperidine rings is 1. The number of alkyl carbamates (subject to hydrolysis) is 1. The minimum absolute atomic E-state index is 0.0122. The molecule has 7 rings (SSSR count). The number of rotatable bonds is 17. The Bertz CT molecular complexity index is 2750. The van der Waals surface area contributed by atoms with Crippen molar-refractivity contribution < 1.29 is 40.6 Å². The summed E-state index contributed by atoms with van der Waals surface area (Å²) in [5.41, 5.74) is 1.20. The molecule has 1 aromatic heterocycles. The summed E-state index contributed by atoms with van der Waals surface area (Å²) < 4.78 is 82.6. The van der Waals surface area contributed by atoms with E-state index in [1.807, 2.05) is 98.5 Å². The predicted octanol–water partition coefficient (Wildman–Crippen LogP) is 7.21. The van der Waals surface area contributed by atoms with Crippen molar-refractivity contribution in [3.63, 3.8) is 0 Å². The largest absolute Gasteiger partial charge is 0.497 e. The van der Waals surface area contributed by atoms with E-state index in [-0.39, 0.29) is 56.5 Å². The van der Waals surface area contributed by atoms with E-state index >= 15 is 16.8 Å². The van der Waals surface area contributed by atoms with Crippen LogP contribution in [0, 0.1) is 5.92 Å². The van der Waals surface area contributed by atoms with E-state index < -0.39 is 59.3 Å². The number of nitrogens with one attached hydrogen (secondary N) is 2. The van der Waals surface area contributed by atoms with Crippen molar-refractivity contribution in [3.05, 3.63) is 114 Å². The normalized spacial score (nSPS) is 16.1. The van der Waals surface area contributed by atoms with E-state index in [2.05, 4.69) is 20.4 Å². The van der Waals surface area contributed by atoms with Crippen molar-refractivity contribution in [2.75, 3.05) is 44.7 Å². The number of benzene rings is 4. The molecule has 1 atom stereocenters. The van der Waals surface area contributed by atoms with Gasteiger partial charge in [-0.05, 0) is 119 Å². The molecule has 2 aliphatic rings. The molecule has 2 saturated heterocycles. The van der Waals surface area contributed by atoms with Gasteiger partial charge in [-0.2, -0.15) is 9.10 Å². The number of aromatic nitrogens is 4. The van der Waals surface area contributed by atoms with Crippen LogP contribution in [0.5, 0.6) is 5.75 Å². The maximum Gasteiger partial charge on any atom is 0.410 e. The molecule has 0 saturated carbocycles. The van der Waals surface area contributed by atoms with Gasteiger partial charge >= 0.3 is 12.2 Å². The lowest BCUT2D eigenvalue weighted by molar-refractivity contribution is 0.0291. The third-order valence-electron chi connectivity index (χ3n) is 11.9. The van der Waals surface area contributed by atoms with E-state index in [1.165, 1.54) is 20.1 Å². The fourth-order valence-corrected chi connectivity index (χ4v) is 12.2. The number of sulfonamides is 2. The van der Waals surface area contributed by atoms with Crippen LogP contribution < -0.4 is 19.7 Å². The van der Waals surface area contributed by atoms with E-state index in [0.29, 0.717) is 61.5 Å². The molecule has 20 heteroatoms. The zero-order valence-corrected chi connectivity index (χ0v) is 42.6. The number of amides is 2. The number of likely N-dealkylation sites (tertiary alicyclic amines) is 1. The first kappa shape index (κ1) is 51.8. The molecule has 0 spiro atoms. The minimum Gasteiger partial charge on any atom is -0.497 e.